The lowest BCUT2D eigenvalue weighted by Gasteiger charge is -2.24. The number of carbonyl (C=O) groups is 1. The lowest BCUT2D eigenvalue weighted by atomic mass is 9.78. The van der Waals surface area contributed by atoms with Crippen LogP contribution in [0.4, 0.5) is 5.69 Å². The summed E-state index contributed by atoms with van der Waals surface area (Å²) >= 11 is 0. The van der Waals surface area contributed by atoms with Crippen molar-refractivity contribution in [3.05, 3.63) is 59.7 Å². The quantitative estimate of drug-likeness (QED) is 0.683. The van der Waals surface area contributed by atoms with Crippen molar-refractivity contribution in [3.8, 4) is 5.75 Å². The highest BCUT2D eigenvalue weighted by Gasteiger charge is 2.32. The van der Waals surface area contributed by atoms with Gasteiger partial charge in [0.1, 0.15) is 5.75 Å². The topological polar surface area (TPSA) is 52.3 Å². The molecule has 0 atom stereocenters. The van der Waals surface area contributed by atoms with Crippen LogP contribution < -0.4 is 10.5 Å². The number of ether oxygens (including phenoxy) is 1. The van der Waals surface area contributed by atoms with Crippen LogP contribution in [0.2, 0.25) is 0 Å². The number of nitrogens with two attached hydrogens (primary N) is 1. The van der Waals surface area contributed by atoms with Crippen LogP contribution in [-0.2, 0) is 5.41 Å². The highest BCUT2D eigenvalue weighted by atomic mass is 16.5. The summed E-state index contributed by atoms with van der Waals surface area (Å²) in [5.74, 6) is 0.626. The number of Topliss-reactive ketones (excluding diaryl/α,β-unsaturated/α-hetero) is 1. The van der Waals surface area contributed by atoms with Crippen molar-refractivity contribution in [2.45, 2.75) is 19.3 Å². The number of ketones is 1. The average molecular weight is 269 g/mol. The molecule has 0 bridgehead atoms. The predicted octanol–water partition coefficient (Wildman–Crippen LogP) is 3.44. The van der Waals surface area contributed by atoms with Gasteiger partial charge < -0.3 is 10.5 Å². The Labute approximate surface area is 119 Å². The van der Waals surface area contributed by atoms with Crippen molar-refractivity contribution in [3.63, 3.8) is 0 Å². The number of para-hydroxylation sites is 1. The van der Waals surface area contributed by atoms with Gasteiger partial charge in [0.15, 0.2) is 5.78 Å². The maximum absolute atomic E-state index is 12.8. The molecular formula is C17H19NO2. The first kappa shape index (κ1) is 14.1. The number of hydrogen-bond acceptors (Lipinski definition) is 3. The Morgan fingerprint density at radius 2 is 1.65 bits per heavy atom. The minimum absolute atomic E-state index is 0.0275. The number of rotatable bonds is 4. The summed E-state index contributed by atoms with van der Waals surface area (Å²) in [6.45, 7) is 3.82. The summed E-state index contributed by atoms with van der Waals surface area (Å²) in [7, 11) is 1.57. The molecule has 0 spiro atoms. The minimum atomic E-state index is -0.637. The number of benzene rings is 2. The van der Waals surface area contributed by atoms with Gasteiger partial charge in [0.05, 0.1) is 18.1 Å². The molecule has 20 heavy (non-hydrogen) atoms. The van der Waals surface area contributed by atoms with E-state index in [0.717, 1.165) is 5.56 Å². The molecule has 0 heterocycles. The summed E-state index contributed by atoms with van der Waals surface area (Å²) in [5, 5.41) is 0. The van der Waals surface area contributed by atoms with E-state index < -0.39 is 5.41 Å². The smallest absolute Gasteiger partial charge is 0.176 e. The molecule has 0 amide bonds. The molecular weight excluding hydrogens is 250 g/mol. The zero-order chi connectivity index (χ0) is 14.8. The van der Waals surface area contributed by atoms with Crippen molar-refractivity contribution in [1.82, 2.24) is 0 Å². The normalized spacial score (nSPS) is 11.2. The van der Waals surface area contributed by atoms with Gasteiger partial charge >= 0.3 is 0 Å². The van der Waals surface area contributed by atoms with Crippen molar-refractivity contribution in [2.75, 3.05) is 12.8 Å². The molecule has 3 nitrogen and oxygen atoms in total. The van der Waals surface area contributed by atoms with E-state index in [4.69, 9.17) is 10.5 Å². The van der Waals surface area contributed by atoms with Crippen LogP contribution in [-0.4, -0.2) is 12.9 Å². The lowest BCUT2D eigenvalue weighted by Crippen LogP contribution is -2.29. The SMILES string of the molecule is COc1ccccc1C(=O)C(C)(C)c1ccc(N)cc1. The van der Waals surface area contributed by atoms with Crippen LogP contribution in [0.1, 0.15) is 29.8 Å². The minimum Gasteiger partial charge on any atom is -0.496 e. The van der Waals surface area contributed by atoms with Crippen molar-refractivity contribution >= 4 is 11.5 Å². The molecule has 2 rings (SSSR count). The number of hydrogen-bond donors (Lipinski definition) is 1. The first-order valence-corrected chi connectivity index (χ1v) is 6.50. The standard InChI is InChI=1S/C17H19NO2/c1-17(2,12-8-10-13(18)11-9-12)16(19)14-6-4-5-7-15(14)20-3/h4-11H,18H2,1-3H3. The number of anilines is 1. The van der Waals surface area contributed by atoms with Crippen LogP contribution in [0, 0.1) is 0 Å². The lowest BCUT2D eigenvalue weighted by molar-refractivity contribution is 0.0905. The molecule has 0 unspecified atom stereocenters. The van der Waals surface area contributed by atoms with Crippen molar-refractivity contribution < 1.29 is 9.53 Å². The molecule has 0 aliphatic rings. The highest BCUT2D eigenvalue weighted by Crippen LogP contribution is 2.31. The average Bonchev–Trinajstić information content (AvgIpc) is 2.46. The number of methoxy groups -OCH3 is 1. The third-order valence-corrected chi connectivity index (χ3v) is 3.55. The van der Waals surface area contributed by atoms with Gasteiger partial charge in [-0.05, 0) is 43.7 Å². The number of carbonyl (C=O) groups excluding carboxylic acids is 1. The molecule has 0 radical (unpaired) electrons. The molecule has 3 heteroatoms. The van der Waals surface area contributed by atoms with Crippen molar-refractivity contribution in [2.24, 2.45) is 0 Å². The van der Waals surface area contributed by atoms with Gasteiger partial charge in [-0.25, -0.2) is 0 Å². The van der Waals surface area contributed by atoms with E-state index >= 15 is 0 Å². The van der Waals surface area contributed by atoms with E-state index in [2.05, 4.69) is 0 Å². The van der Waals surface area contributed by atoms with E-state index in [0.29, 0.717) is 17.0 Å². The zero-order valence-electron chi connectivity index (χ0n) is 12.0. The summed E-state index contributed by atoms with van der Waals surface area (Å²) < 4.78 is 5.28. The van der Waals surface area contributed by atoms with E-state index in [1.807, 2.05) is 50.2 Å². The van der Waals surface area contributed by atoms with Gasteiger partial charge in [0.25, 0.3) is 0 Å². The van der Waals surface area contributed by atoms with Crippen LogP contribution in [0.15, 0.2) is 48.5 Å². The third kappa shape index (κ3) is 2.52. The summed E-state index contributed by atoms with van der Waals surface area (Å²) in [4.78, 5) is 12.8. The van der Waals surface area contributed by atoms with E-state index in [1.165, 1.54) is 0 Å². The summed E-state index contributed by atoms with van der Waals surface area (Å²) in [6.07, 6.45) is 0. The third-order valence-electron chi connectivity index (χ3n) is 3.55. The zero-order valence-corrected chi connectivity index (χ0v) is 12.0. The molecule has 0 saturated heterocycles. The molecule has 0 aliphatic heterocycles. The first-order valence-electron chi connectivity index (χ1n) is 6.50. The van der Waals surface area contributed by atoms with Gasteiger partial charge in [0, 0.05) is 5.69 Å². The Morgan fingerprint density at radius 3 is 2.25 bits per heavy atom. The van der Waals surface area contributed by atoms with Gasteiger partial charge in [-0.3, -0.25) is 4.79 Å². The van der Waals surface area contributed by atoms with Gasteiger partial charge in [-0.1, -0.05) is 24.3 Å². The van der Waals surface area contributed by atoms with Crippen LogP contribution in [0.3, 0.4) is 0 Å². The Morgan fingerprint density at radius 1 is 1.05 bits per heavy atom. The maximum Gasteiger partial charge on any atom is 0.176 e. The molecule has 2 N–H and O–H groups in total. The Kier molecular flexibility index (Phi) is 3.79. The Balaban J connectivity index is 2.43. The van der Waals surface area contributed by atoms with Crippen LogP contribution in [0.25, 0.3) is 0 Å². The Bertz CT molecular complexity index is 615. The van der Waals surface area contributed by atoms with E-state index in [1.54, 1.807) is 19.2 Å². The molecule has 0 saturated carbocycles. The molecule has 0 fully saturated rings. The van der Waals surface area contributed by atoms with E-state index in [9.17, 15) is 4.79 Å². The second kappa shape index (κ2) is 5.37. The maximum atomic E-state index is 12.8. The first-order chi connectivity index (χ1) is 9.46. The fourth-order valence-electron chi connectivity index (χ4n) is 2.20. The van der Waals surface area contributed by atoms with Gasteiger partial charge in [0.2, 0.25) is 0 Å². The van der Waals surface area contributed by atoms with Crippen LogP contribution >= 0.6 is 0 Å². The molecule has 104 valence electrons. The van der Waals surface area contributed by atoms with Crippen molar-refractivity contribution in [1.29, 1.82) is 0 Å². The highest BCUT2D eigenvalue weighted by molar-refractivity contribution is 6.05. The second-order valence-electron chi connectivity index (χ2n) is 5.28. The van der Waals surface area contributed by atoms with Gasteiger partial charge in [-0.2, -0.15) is 0 Å². The summed E-state index contributed by atoms with van der Waals surface area (Å²) in [5.41, 5.74) is 7.28. The fraction of sp³-hybridized carbons (Fsp3) is 0.235. The van der Waals surface area contributed by atoms with E-state index in [-0.39, 0.29) is 5.78 Å². The monoisotopic (exact) mass is 269 g/mol. The largest absolute Gasteiger partial charge is 0.496 e. The molecule has 0 aromatic heterocycles. The predicted molar refractivity (Wildman–Crippen MR) is 81.2 cm³/mol. The van der Waals surface area contributed by atoms with Gasteiger partial charge in [-0.15, -0.1) is 0 Å². The second-order valence-corrected chi connectivity index (χ2v) is 5.28. The molecule has 2 aromatic rings. The summed E-state index contributed by atoms with van der Waals surface area (Å²) in [6, 6.07) is 14.7. The fourth-order valence-corrected chi connectivity index (χ4v) is 2.20. The number of nitrogen functional groups attached to an aromatic ring is 1. The Hall–Kier alpha value is -2.29. The van der Waals surface area contributed by atoms with Crippen LogP contribution in [0.5, 0.6) is 5.75 Å². The molecule has 2 aromatic carbocycles. The molecule has 0 aliphatic carbocycles.